The minimum Gasteiger partial charge on any atom is -0.462 e. The van der Waals surface area contributed by atoms with E-state index in [1.807, 2.05) is 24.3 Å². The standard InChI is InChI=1S/C17H22NO5P/c1-4-21-17(19)16(24(20,22-5-2)23-6-3)11-13-12-18-15-10-8-7-9-14(13)15/h7-12,18H,4-6H2,1-3H3. The third-order valence-electron chi connectivity index (χ3n) is 3.29. The van der Waals surface area contributed by atoms with E-state index < -0.39 is 13.6 Å². The first-order valence-electron chi connectivity index (χ1n) is 7.90. The number of aromatic amines is 1. The van der Waals surface area contributed by atoms with Gasteiger partial charge in [0.05, 0.1) is 19.8 Å². The van der Waals surface area contributed by atoms with Gasteiger partial charge in [0.15, 0.2) is 0 Å². The monoisotopic (exact) mass is 351 g/mol. The zero-order valence-corrected chi connectivity index (χ0v) is 15.0. The molecule has 0 aliphatic rings. The van der Waals surface area contributed by atoms with Crippen molar-refractivity contribution in [1.29, 1.82) is 0 Å². The first kappa shape index (κ1) is 18.5. The molecule has 1 aromatic carbocycles. The van der Waals surface area contributed by atoms with E-state index in [4.69, 9.17) is 13.8 Å². The predicted molar refractivity (Wildman–Crippen MR) is 93.8 cm³/mol. The first-order chi connectivity index (χ1) is 11.6. The molecule has 0 saturated carbocycles. The lowest BCUT2D eigenvalue weighted by molar-refractivity contribution is -0.137. The summed E-state index contributed by atoms with van der Waals surface area (Å²) in [6.45, 7) is 5.56. The van der Waals surface area contributed by atoms with Crippen LogP contribution < -0.4 is 0 Å². The summed E-state index contributed by atoms with van der Waals surface area (Å²) in [6, 6.07) is 7.63. The molecule has 0 radical (unpaired) electrons. The Morgan fingerprint density at radius 1 is 1.12 bits per heavy atom. The third kappa shape index (κ3) is 3.96. The van der Waals surface area contributed by atoms with E-state index >= 15 is 0 Å². The second-order valence-corrected chi connectivity index (χ2v) is 6.87. The predicted octanol–water partition coefficient (Wildman–Crippen LogP) is 4.34. The van der Waals surface area contributed by atoms with Crippen molar-refractivity contribution < 1.29 is 23.1 Å². The molecule has 1 N–H and O–H groups in total. The number of nitrogens with one attached hydrogen (secondary N) is 1. The van der Waals surface area contributed by atoms with Crippen molar-refractivity contribution in [2.75, 3.05) is 19.8 Å². The summed E-state index contributed by atoms with van der Waals surface area (Å²) >= 11 is 0. The van der Waals surface area contributed by atoms with Gasteiger partial charge in [-0.25, -0.2) is 4.79 Å². The Morgan fingerprint density at radius 3 is 2.42 bits per heavy atom. The van der Waals surface area contributed by atoms with Crippen LogP contribution >= 0.6 is 7.60 Å². The maximum Gasteiger partial charge on any atom is 0.368 e. The Bertz CT molecular complexity index is 770. The Kier molecular flexibility index (Phi) is 6.37. The molecule has 24 heavy (non-hydrogen) atoms. The molecule has 0 fully saturated rings. The lowest BCUT2D eigenvalue weighted by Crippen LogP contribution is -2.11. The number of aromatic nitrogens is 1. The summed E-state index contributed by atoms with van der Waals surface area (Å²) in [5, 5.41) is 0.802. The second kappa shape index (κ2) is 8.29. The molecule has 6 nitrogen and oxygen atoms in total. The largest absolute Gasteiger partial charge is 0.462 e. The number of ether oxygens (including phenoxy) is 1. The molecule has 0 saturated heterocycles. The van der Waals surface area contributed by atoms with Gasteiger partial charge in [0.1, 0.15) is 5.31 Å². The van der Waals surface area contributed by atoms with Gasteiger partial charge in [0.25, 0.3) is 0 Å². The second-order valence-electron chi connectivity index (χ2n) is 4.87. The van der Waals surface area contributed by atoms with Crippen LogP contribution in [0.5, 0.6) is 0 Å². The van der Waals surface area contributed by atoms with Crippen LogP contribution in [0.2, 0.25) is 0 Å². The molecule has 0 aliphatic heterocycles. The van der Waals surface area contributed by atoms with E-state index in [2.05, 4.69) is 4.98 Å². The number of hydrogen-bond donors (Lipinski definition) is 1. The average Bonchev–Trinajstić information content (AvgIpc) is 2.96. The van der Waals surface area contributed by atoms with Gasteiger partial charge in [0, 0.05) is 22.7 Å². The molecule has 0 unspecified atom stereocenters. The number of para-hydroxylation sites is 1. The molecule has 7 heteroatoms. The van der Waals surface area contributed by atoms with Crippen molar-refractivity contribution >= 4 is 30.5 Å². The van der Waals surface area contributed by atoms with Crippen molar-refractivity contribution in [3.8, 4) is 0 Å². The highest BCUT2D eigenvalue weighted by molar-refractivity contribution is 7.60. The van der Waals surface area contributed by atoms with Gasteiger partial charge in [0.2, 0.25) is 0 Å². The Labute approximate surface area is 141 Å². The summed E-state index contributed by atoms with van der Waals surface area (Å²) in [7, 11) is -3.76. The topological polar surface area (TPSA) is 77.6 Å². The number of H-pyrrole nitrogens is 1. The maximum absolute atomic E-state index is 13.1. The highest BCUT2D eigenvalue weighted by Crippen LogP contribution is 2.57. The van der Waals surface area contributed by atoms with E-state index in [0.29, 0.717) is 5.56 Å². The number of fused-ring (bicyclic) bond motifs is 1. The maximum atomic E-state index is 13.1. The number of rotatable bonds is 8. The van der Waals surface area contributed by atoms with Crippen molar-refractivity contribution in [3.05, 3.63) is 41.3 Å². The van der Waals surface area contributed by atoms with E-state index in [9.17, 15) is 9.36 Å². The number of esters is 1. The number of benzene rings is 1. The highest BCUT2D eigenvalue weighted by atomic mass is 31.2. The van der Waals surface area contributed by atoms with Gasteiger partial charge in [-0.3, -0.25) is 4.57 Å². The van der Waals surface area contributed by atoms with Gasteiger partial charge >= 0.3 is 13.6 Å². The van der Waals surface area contributed by atoms with E-state index in [-0.39, 0.29) is 25.1 Å². The molecular weight excluding hydrogens is 329 g/mol. The zero-order chi connectivity index (χ0) is 17.6. The van der Waals surface area contributed by atoms with E-state index in [0.717, 1.165) is 10.9 Å². The number of carbonyl (C=O) groups excluding carboxylic acids is 1. The van der Waals surface area contributed by atoms with Crippen LogP contribution in [0.1, 0.15) is 26.3 Å². The average molecular weight is 351 g/mol. The molecule has 2 aromatic rings. The molecule has 0 amide bonds. The van der Waals surface area contributed by atoms with Crippen LogP contribution in [0.4, 0.5) is 0 Å². The van der Waals surface area contributed by atoms with Crippen molar-refractivity contribution in [1.82, 2.24) is 4.98 Å². The number of hydrogen-bond acceptors (Lipinski definition) is 5. The molecule has 0 atom stereocenters. The van der Waals surface area contributed by atoms with E-state index in [1.165, 1.54) is 6.08 Å². The summed E-state index contributed by atoms with van der Waals surface area (Å²) < 4.78 is 28.8. The SMILES string of the molecule is CCOC(=O)C(=Cc1c[nH]c2ccccc12)P(=O)(OCC)OCC. The fourth-order valence-electron chi connectivity index (χ4n) is 2.33. The molecule has 0 spiro atoms. The third-order valence-corrected chi connectivity index (χ3v) is 5.39. The Hall–Kier alpha value is -1.88. The van der Waals surface area contributed by atoms with Crippen LogP contribution in [0.25, 0.3) is 17.0 Å². The van der Waals surface area contributed by atoms with Gasteiger partial charge in [-0.05, 0) is 32.9 Å². The molecule has 130 valence electrons. The van der Waals surface area contributed by atoms with Gasteiger partial charge in [-0.15, -0.1) is 0 Å². The van der Waals surface area contributed by atoms with E-state index in [1.54, 1.807) is 27.0 Å². The quantitative estimate of drug-likeness (QED) is 0.435. The molecule has 1 heterocycles. The lowest BCUT2D eigenvalue weighted by atomic mass is 10.1. The molecular formula is C17H22NO5P. The minimum atomic E-state index is -3.76. The Balaban J connectivity index is 2.56. The normalized spacial score (nSPS) is 12.5. The fourth-order valence-corrected chi connectivity index (χ4v) is 3.95. The Morgan fingerprint density at radius 2 is 1.79 bits per heavy atom. The van der Waals surface area contributed by atoms with Crippen LogP contribution in [-0.2, 0) is 23.1 Å². The minimum absolute atomic E-state index is 0.0993. The lowest BCUT2D eigenvalue weighted by Gasteiger charge is -2.18. The fraction of sp³-hybridized carbons (Fsp3) is 0.353. The van der Waals surface area contributed by atoms with Gasteiger partial charge in [-0.1, -0.05) is 18.2 Å². The van der Waals surface area contributed by atoms with Crippen molar-refractivity contribution in [2.24, 2.45) is 0 Å². The smallest absolute Gasteiger partial charge is 0.368 e. The first-order valence-corrected chi connectivity index (χ1v) is 9.44. The molecule has 0 bridgehead atoms. The van der Waals surface area contributed by atoms with Crippen molar-refractivity contribution in [3.63, 3.8) is 0 Å². The summed E-state index contributed by atoms with van der Waals surface area (Å²) in [4.78, 5) is 15.5. The summed E-state index contributed by atoms with van der Waals surface area (Å²) in [5.74, 6) is -0.701. The van der Waals surface area contributed by atoms with Crippen LogP contribution in [0.3, 0.4) is 0 Å². The van der Waals surface area contributed by atoms with Gasteiger partial charge in [-0.2, -0.15) is 0 Å². The summed E-state index contributed by atoms with van der Waals surface area (Å²) in [5.41, 5.74) is 1.63. The molecule has 0 aliphatic carbocycles. The summed E-state index contributed by atoms with van der Waals surface area (Å²) in [6.07, 6.45) is 3.26. The van der Waals surface area contributed by atoms with Gasteiger partial charge < -0.3 is 18.8 Å². The van der Waals surface area contributed by atoms with Crippen LogP contribution in [-0.4, -0.2) is 30.8 Å². The van der Waals surface area contributed by atoms with Crippen molar-refractivity contribution in [2.45, 2.75) is 20.8 Å². The van der Waals surface area contributed by atoms with Crippen LogP contribution in [0, 0.1) is 0 Å². The van der Waals surface area contributed by atoms with Crippen LogP contribution in [0.15, 0.2) is 35.8 Å². The highest BCUT2D eigenvalue weighted by Gasteiger charge is 2.36. The molecule has 1 aromatic heterocycles. The molecule has 2 rings (SSSR count). The zero-order valence-electron chi connectivity index (χ0n) is 14.1. The number of carbonyl (C=O) groups is 1.